The van der Waals surface area contributed by atoms with Crippen molar-refractivity contribution >= 4 is 68.2 Å². The molecule has 0 bridgehead atoms. The Balaban J connectivity index is 0.992. The molecule has 0 spiro atoms. The fourth-order valence-corrected chi connectivity index (χ4v) is 14.5. The third-order valence-electron chi connectivity index (χ3n) is 13.2. The van der Waals surface area contributed by atoms with Crippen LogP contribution in [0.5, 0.6) is 0 Å². The highest BCUT2D eigenvalue weighted by molar-refractivity contribution is 8.06. The van der Waals surface area contributed by atoms with Gasteiger partial charge in [-0.2, -0.15) is 0 Å². The number of fused-ring (bicyclic) bond motifs is 13. The van der Waals surface area contributed by atoms with Gasteiger partial charge in [-0.1, -0.05) is 105 Å². The Morgan fingerprint density at radius 3 is 2.37 bits per heavy atom. The number of benzene rings is 5. The molecule has 54 heavy (non-hydrogen) atoms. The van der Waals surface area contributed by atoms with Crippen LogP contribution >= 0.6 is 23.5 Å². The zero-order valence-electron chi connectivity index (χ0n) is 30.3. The fraction of sp³-hybridized carbons (Fsp3) is 0.224. The summed E-state index contributed by atoms with van der Waals surface area (Å²) in [6.45, 7) is 4.74. The molecule has 5 heteroatoms. The standard InChI is InChI=1S/C49H40N2OS2/c1-49(2)39-15-7-3-11-33(39)34-25-23-32(28-40(34)49)50(31-24-26-42-38(27-31)35-12-4-8-16-41(35)52-42)29-19-21-30(22-20-29)51-45-36-13-5-9-17-43(36)53-47(45)48-46(51)37-14-6-10-18-44(37)54-48/h3-13,15-28,36-37,43,45-48H,14H2,1-2H3/t36?,37?,43?,45-,46?,47?,48?/m1/s1. The second-order valence-electron chi connectivity index (χ2n) is 16.3. The number of nitrogens with zero attached hydrogens (tertiary/aromatic N) is 2. The van der Waals surface area contributed by atoms with Crippen molar-refractivity contribution in [3.8, 4) is 11.1 Å². The molecule has 4 heterocycles. The zero-order chi connectivity index (χ0) is 35.7. The van der Waals surface area contributed by atoms with E-state index < -0.39 is 0 Å². The fourth-order valence-electron chi connectivity index (χ4n) is 10.7. The lowest BCUT2D eigenvalue weighted by Crippen LogP contribution is -2.45. The molecule has 7 atom stereocenters. The normalized spacial score (nSPS) is 27.8. The molecule has 0 saturated carbocycles. The minimum absolute atomic E-state index is 0.0914. The van der Waals surface area contributed by atoms with Crippen molar-refractivity contribution in [2.75, 3.05) is 9.80 Å². The number of hydrogen-bond acceptors (Lipinski definition) is 5. The lowest BCUT2D eigenvalue weighted by Gasteiger charge is -2.38. The maximum atomic E-state index is 6.29. The predicted molar refractivity (Wildman–Crippen MR) is 230 cm³/mol. The van der Waals surface area contributed by atoms with Crippen LogP contribution in [0, 0.1) is 11.8 Å². The van der Waals surface area contributed by atoms with Crippen LogP contribution in [0.15, 0.2) is 161 Å². The van der Waals surface area contributed by atoms with Crippen molar-refractivity contribution in [1.29, 1.82) is 0 Å². The second kappa shape index (κ2) is 11.6. The molecule has 6 aromatic rings. The summed E-state index contributed by atoms with van der Waals surface area (Å²) in [7, 11) is 0. The highest BCUT2D eigenvalue weighted by Crippen LogP contribution is 2.62. The zero-order valence-corrected chi connectivity index (χ0v) is 31.9. The van der Waals surface area contributed by atoms with Gasteiger partial charge in [0.1, 0.15) is 11.2 Å². The smallest absolute Gasteiger partial charge is 0.135 e. The van der Waals surface area contributed by atoms with Crippen LogP contribution in [0.25, 0.3) is 33.1 Å². The average Bonchev–Trinajstić information content (AvgIpc) is 3.99. The van der Waals surface area contributed by atoms with Crippen molar-refractivity contribution in [1.82, 2.24) is 0 Å². The van der Waals surface area contributed by atoms with Crippen LogP contribution in [0.3, 0.4) is 0 Å². The Morgan fingerprint density at radius 1 is 0.685 bits per heavy atom. The monoisotopic (exact) mass is 736 g/mol. The first-order valence-corrected chi connectivity index (χ1v) is 21.2. The van der Waals surface area contributed by atoms with Crippen molar-refractivity contribution in [2.24, 2.45) is 11.8 Å². The Morgan fingerprint density at radius 2 is 1.44 bits per heavy atom. The van der Waals surface area contributed by atoms with Crippen LogP contribution in [0.1, 0.15) is 31.4 Å². The topological polar surface area (TPSA) is 19.6 Å². The number of rotatable bonds is 4. The highest BCUT2D eigenvalue weighted by Gasteiger charge is 2.62. The first-order chi connectivity index (χ1) is 26.5. The van der Waals surface area contributed by atoms with E-state index in [9.17, 15) is 0 Å². The molecule has 0 radical (unpaired) electrons. The average molecular weight is 737 g/mol. The Kier molecular flexibility index (Phi) is 6.76. The summed E-state index contributed by atoms with van der Waals surface area (Å²) in [5.41, 5.74) is 12.0. The third-order valence-corrected chi connectivity index (χ3v) is 16.6. The summed E-state index contributed by atoms with van der Waals surface area (Å²) in [6, 6.07) is 41.7. The second-order valence-corrected chi connectivity index (χ2v) is 18.9. The maximum absolute atomic E-state index is 6.29. The van der Waals surface area contributed by atoms with Crippen LogP contribution < -0.4 is 9.80 Å². The van der Waals surface area contributed by atoms with Gasteiger partial charge in [0.15, 0.2) is 0 Å². The van der Waals surface area contributed by atoms with Gasteiger partial charge in [0.25, 0.3) is 0 Å². The molecule has 3 nitrogen and oxygen atoms in total. The summed E-state index contributed by atoms with van der Waals surface area (Å²) in [4.78, 5) is 6.92. The van der Waals surface area contributed by atoms with Gasteiger partial charge in [0.2, 0.25) is 0 Å². The van der Waals surface area contributed by atoms with E-state index in [1.54, 1.807) is 4.91 Å². The molecule has 3 aliphatic heterocycles. The lowest BCUT2D eigenvalue weighted by atomic mass is 9.82. The summed E-state index contributed by atoms with van der Waals surface area (Å²) < 4.78 is 6.29. The molecule has 1 aromatic heterocycles. The van der Waals surface area contributed by atoms with Crippen molar-refractivity contribution in [2.45, 2.75) is 53.5 Å². The lowest BCUT2D eigenvalue weighted by molar-refractivity contribution is 0.472. The number of thioether (sulfide) groups is 2. The molecule has 6 aliphatic rings. The molecule has 3 saturated heterocycles. The van der Waals surface area contributed by atoms with Gasteiger partial charge in [0, 0.05) is 66.5 Å². The van der Waals surface area contributed by atoms with E-state index in [2.05, 4.69) is 193 Å². The molecule has 12 rings (SSSR count). The first-order valence-electron chi connectivity index (χ1n) is 19.4. The van der Waals surface area contributed by atoms with Gasteiger partial charge < -0.3 is 14.2 Å². The Labute approximate surface area is 325 Å². The predicted octanol–water partition coefficient (Wildman–Crippen LogP) is 12.7. The van der Waals surface area contributed by atoms with Crippen LogP contribution in [0.4, 0.5) is 22.7 Å². The molecule has 3 fully saturated rings. The van der Waals surface area contributed by atoms with E-state index in [0.717, 1.165) is 39.7 Å². The van der Waals surface area contributed by atoms with E-state index in [1.807, 2.05) is 6.07 Å². The molecule has 6 unspecified atom stereocenters. The summed E-state index contributed by atoms with van der Waals surface area (Å²) in [5, 5.41) is 4.06. The summed E-state index contributed by atoms with van der Waals surface area (Å²) in [6.07, 6.45) is 17.7. The molecule has 3 aliphatic carbocycles. The largest absolute Gasteiger partial charge is 0.456 e. The number of hydrogen-bond donors (Lipinski definition) is 0. The van der Waals surface area contributed by atoms with Crippen molar-refractivity contribution in [3.05, 3.63) is 168 Å². The number of anilines is 4. The van der Waals surface area contributed by atoms with Gasteiger partial charge in [-0.15, -0.1) is 23.5 Å². The van der Waals surface area contributed by atoms with Gasteiger partial charge in [-0.05, 0) is 94.2 Å². The van der Waals surface area contributed by atoms with Crippen LogP contribution in [-0.4, -0.2) is 27.8 Å². The SMILES string of the molecule is CC1(C)c2ccccc2-c2ccc(N(c3ccc(N4C5C6CC=CC=C6SC5C5SC6C=CC=CC6[C@H]54)cc3)c3ccc4oc5ccccc5c4c3)cc21. The van der Waals surface area contributed by atoms with Crippen LogP contribution in [-0.2, 0) is 5.41 Å². The van der Waals surface area contributed by atoms with E-state index in [-0.39, 0.29) is 5.41 Å². The number of allylic oxidation sites excluding steroid dienone is 5. The van der Waals surface area contributed by atoms with E-state index in [0.29, 0.717) is 39.7 Å². The molecule has 0 amide bonds. The molecular formula is C49H40N2OS2. The van der Waals surface area contributed by atoms with Crippen molar-refractivity contribution < 1.29 is 4.42 Å². The molecule has 5 aromatic carbocycles. The number of furan rings is 1. The minimum atomic E-state index is -0.0914. The molecular weight excluding hydrogens is 697 g/mol. The number of para-hydroxylation sites is 1. The summed E-state index contributed by atoms with van der Waals surface area (Å²) >= 11 is 4.41. The van der Waals surface area contributed by atoms with Crippen LogP contribution in [0.2, 0.25) is 0 Å². The third kappa shape index (κ3) is 4.40. The minimum Gasteiger partial charge on any atom is -0.456 e. The van der Waals surface area contributed by atoms with E-state index in [4.69, 9.17) is 4.42 Å². The highest BCUT2D eigenvalue weighted by atomic mass is 32.2. The van der Waals surface area contributed by atoms with Gasteiger partial charge in [0.05, 0.1) is 12.1 Å². The Hall–Kier alpha value is -4.84. The maximum Gasteiger partial charge on any atom is 0.135 e. The van der Waals surface area contributed by atoms with Gasteiger partial charge >= 0.3 is 0 Å². The first kappa shape index (κ1) is 31.5. The Bertz CT molecular complexity index is 2640. The van der Waals surface area contributed by atoms with E-state index >= 15 is 0 Å². The molecule has 264 valence electrons. The van der Waals surface area contributed by atoms with Gasteiger partial charge in [-0.3, -0.25) is 0 Å². The van der Waals surface area contributed by atoms with Gasteiger partial charge in [-0.25, -0.2) is 0 Å². The van der Waals surface area contributed by atoms with E-state index in [1.165, 1.54) is 33.6 Å². The summed E-state index contributed by atoms with van der Waals surface area (Å²) in [5.74, 6) is 1.11. The molecule has 0 N–H and O–H groups in total. The van der Waals surface area contributed by atoms with Crippen molar-refractivity contribution in [3.63, 3.8) is 0 Å². The quantitative estimate of drug-likeness (QED) is 0.179.